The van der Waals surface area contributed by atoms with Gasteiger partial charge in [0.15, 0.2) is 0 Å². The second-order valence-electron chi connectivity index (χ2n) is 5.36. The Hall–Kier alpha value is -1.66. The summed E-state index contributed by atoms with van der Waals surface area (Å²) in [5.41, 5.74) is -1.05. The van der Waals surface area contributed by atoms with Crippen molar-refractivity contribution in [3.05, 3.63) is 24.3 Å². The van der Waals surface area contributed by atoms with Gasteiger partial charge in [-0.2, -0.15) is 0 Å². The van der Waals surface area contributed by atoms with E-state index < -0.39 is 23.5 Å². The smallest absolute Gasteiger partial charge is 0.373 e. The van der Waals surface area contributed by atoms with Gasteiger partial charge in [-0.25, -0.2) is 9.59 Å². The van der Waals surface area contributed by atoms with Crippen LogP contribution in [0.15, 0.2) is 24.3 Å². The fraction of sp³-hybridized carbons (Fsp3) is 0.571. The summed E-state index contributed by atoms with van der Waals surface area (Å²) in [5.74, 6) is -4.28. The molecule has 0 aromatic carbocycles. The van der Waals surface area contributed by atoms with Gasteiger partial charge in [0.2, 0.25) is 0 Å². The summed E-state index contributed by atoms with van der Waals surface area (Å²) >= 11 is 0. The van der Waals surface area contributed by atoms with Crippen molar-refractivity contribution in [2.45, 2.75) is 52.1 Å². The van der Waals surface area contributed by atoms with Crippen LogP contribution in [-0.2, 0) is 19.1 Å². The Morgan fingerprint density at radius 3 is 1.55 bits per heavy atom. The van der Waals surface area contributed by atoms with E-state index in [9.17, 15) is 19.8 Å². The Kier molecular flexibility index (Phi) is 6.12. The molecule has 0 fully saturated rings. The highest BCUT2D eigenvalue weighted by Gasteiger charge is 2.38. The van der Waals surface area contributed by atoms with Crippen LogP contribution in [0.25, 0.3) is 0 Å². The molecule has 0 bridgehead atoms. The van der Waals surface area contributed by atoms with Crippen LogP contribution in [0.3, 0.4) is 0 Å². The molecule has 0 atom stereocenters. The summed E-state index contributed by atoms with van der Waals surface area (Å²) in [6, 6.07) is 0. The molecule has 6 nitrogen and oxygen atoms in total. The van der Waals surface area contributed by atoms with Crippen LogP contribution in [0.4, 0.5) is 0 Å². The van der Waals surface area contributed by atoms with E-state index in [-0.39, 0.29) is 24.0 Å². The van der Waals surface area contributed by atoms with Gasteiger partial charge in [0.1, 0.15) is 0 Å². The van der Waals surface area contributed by atoms with E-state index in [2.05, 4.69) is 13.2 Å². The normalized spacial score (nSPS) is 11.7. The number of aliphatic hydroxyl groups is 2. The van der Waals surface area contributed by atoms with Crippen molar-refractivity contribution in [2.24, 2.45) is 0 Å². The molecule has 0 heterocycles. The molecule has 0 radical (unpaired) electrons. The van der Waals surface area contributed by atoms with Crippen molar-refractivity contribution in [3.8, 4) is 0 Å². The predicted molar refractivity (Wildman–Crippen MR) is 72.3 cm³/mol. The predicted octanol–water partition coefficient (Wildman–Crippen LogP) is 1.42. The number of esters is 2. The molecule has 0 aliphatic rings. The lowest BCUT2D eigenvalue weighted by atomic mass is 10.0. The Morgan fingerprint density at radius 1 is 0.950 bits per heavy atom. The highest BCUT2D eigenvalue weighted by Crippen LogP contribution is 2.24. The van der Waals surface area contributed by atoms with Crippen molar-refractivity contribution < 1.29 is 29.3 Å². The molecule has 0 aromatic heterocycles. The molecule has 0 saturated heterocycles. The maximum Gasteiger partial charge on any atom is 0.373 e. The third-order valence-electron chi connectivity index (χ3n) is 2.25. The molecule has 0 spiro atoms. The minimum Gasteiger partial charge on any atom is -0.395 e. The number of carbonyl (C=O) groups is 2. The molecule has 114 valence electrons. The summed E-state index contributed by atoms with van der Waals surface area (Å²) in [7, 11) is 0. The van der Waals surface area contributed by atoms with Gasteiger partial charge in [-0.3, -0.25) is 0 Å². The van der Waals surface area contributed by atoms with Gasteiger partial charge in [-0.15, -0.1) is 0 Å². The van der Waals surface area contributed by atoms with Crippen molar-refractivity contribution in [1.82, 2.24) is 0 Å². The lowest BCUT2D eigenvalue weighted by Crippen LogP contribution is -2.42. The topological polar surface area (TPSA) is 93.1 Å². The van der Waals surface area contributed by atoms with Crippen molar-refractivity contribution in [1.29, 1.82) is 0 Å². The molecular formula is C14H22O6. The molecule has 20 heavy (non-hydrogen) atoms. The number of ether oxygens (including phenoxy) is 2. The fourth-order valence-electron chi connectivity index (χ4n) is 1.05. The first-order valence-corrected chi connectivity index (χ1v) is 6.09. The standard InChI is InChI=1S/C14H22O6/c1-9(2)11(15)19-14(18,8-7-13(5,6)17)20-12(16)10(3)4/h17-18H,1,3,7-8H2,2,4-6H3. The summed E-state index contributed by atoms with van der Waals surface area (Å²) < 4.78 is 9.47. The van der Waals surface area contributed by atoms with Crippen LogP contribution in [0, 0.1) is 0 Å². The highest BCUT2D eigenvalue weighted by molar-refractivity contribution is 5.88. The Morgan fingerprint density at radius 2 is 1.30 bits per heavy atom. The minimum absolute atomic E-state index is 0.0381. The Balaban J connectivity index is 5.01. The summed E-state index contributed by atoms with van der Waals surface area (Å²) in [6.45, 7) is 12.5. The number of rotatable bonds is 7. The van der Waals surface area contributed by atoms with Crippen LogP contribution in [0.5, 0.6) is 0 Å². The highest BCUT2D eigenvalue weighted by atomic mass is 16.8. The second kappa shape index (κ2) is 6.67. The first-order chi connectivity index (χ1) is 8.86. The third-order valence-corrected chi connectivity index (χ3v) is 2.25. The lowest BCUT2D eigenvalue weighted by Gasteiger charge is -2.29. The van der Waals surface area contributed by atoms with Crippen LogP contribution in [0.1, 0.15) is 40.5 Å². The maximum atomic E-state index is 11.5. The van der Waals surface area contributed by atoms with E-state index in [4.69, 9.17) is 9.47 Å². The summed E-state index contributed by atoms with van der Waals surface area (Å²) in [6.07, 6.45) is -0.245. The van der Waals surface area contributed by atoms with Crippen molar-refractivity contribution in [3.63, 3.8) is 0 Å². The van der Waals surface area contributed by atoms with E-state index >= 15 is 0 Å². The average molecular weight is 286 g/mol. The van der Waals surface area contributed by atoms with Gasteiger partial charge in [0.05, 0.1) is 12.0 Å². The number of hydrogen-bond acceptors (Lipinski definition) is 6. The average Bonchev–Trinajstić information content (AvgIpc) is 2.25. The van der Waals surface area contributed by atoms with E-state index in [0.717, 1.165) is 0 Å². The minimum atomic E-state index is -2.47. The van der Waals surface area contributed by atoms with Gasteiger partial charge in [0.25, 0.3) is 0 Å². The van der Waals surface area contributed by atoms with E-state index in [1.165, 1.54) is 27.7 Å². The van der Waals surface area contributed by atoms with Crippen LogP contribution < -0.4 is 0 Å². The number of hydrogen-bond donors (Lipinski definition) is 2. The maximum absolute atomic E-state index is 11.5. The number of carbonyl (C=O) groups excluding carboxylic acids is 2. The van der Waals surface area contributed by atoms with Crippen LogP contribution in [-0.4, -0.2) is 33.7 Å². The van der Waals surface area contributed by atoms with Gasteiger partial charge in [-0.05, 0) is 34.1 Å². The Labute approximate surface area is 118 Å². The van der Waals surface area contributed by atoms with E-state index in [1.54, 1.807) is 0 Å². The largest absolute Gasteiger partial charge is 0.395 e. The molecular weight excluding hydrogens is 264 g/mol. The van der Waals surface area contributed by atoms with Crippen molar-refractivity contribution in [2.75, 3.05) is 0 Å². The molecule has 0 rings (SSSR count). The SMILES string of the molecule is C=C(C)C(=O)OC(O)(CCC(C)(C)O)OC(=O)C(=C)C. The summed E-state index contributed by atoms with van der Waals surface area (Å²) in [5, 5.41) is 19.8. The molecule has 0 unspecified atom stereocenters. The lowest BCUT2D eigenvalue weighted by molar-refractivity contribution is -0.327. The van der Waals surface area contributed by atoms with Crippen LogP contribution in [0.2, 0.25) is 0 Å². The zero-order valence-electron chi connectivity index (χ0n) is 12.4. The van der Waals surface area contributed by atoms with Crippen LogP contribution >= 0.6 is 0 Å². The third kappa shape index (κ3) is 7.06. The first-order valence-electron chi connectivity index (χ1n) is 6.09. The molecule has 0 aromatic rings. The summed E-state index contributed by atoms with van der Waals surface area (Å²) in [4.78, 5) is 23.0. The van der Waals surface area contributed by atoms with Gasteiger partial charge >= 0.3 is 17.9 Å². The monoisotopic (exact) mass is 286 g/mol. The molecule has 0 amide bonds. The van der Waals surface area contributed by atoms with Gasteiger partial charge < -0.3 is 19.7 Å². The zero-order chi connectivity index (χ0) is 16.1. The van der Waals surface area contributed by atoms with Gasteiger partial charge in [-0.1, -0.05) is 13.2 Å². The first kappa shape index (κ1) is 18.3. The zero-order valence-corrected chi connectivity index (χ0v) is 12.4. The fourth-order valence-corrected chi connectivity index (χ4v) is 1.05. The molecule has 0 aliphatic carbocycles. The molecule has 6 heteroatoms. The van der Waals surface area contributed by atoms with E-state index in [0.29, 0.717) is 0 Å². The van der Waals surface area contributed by atoms with Gasteiger partial charge in [0, 0.05) is 11.1 Å². The Bertz CT molecular complexity index is 388. The quantitative estimate of drug-likeness (QED) is 0.418. The second-order valence-corrected chi connectivity index (χ2v) is 5.36. The molecule has 0 aliphatic heterocycles. The molecule has 2 N–H and O–H groups in total. The van der Waals surface area contributed by atoms with E-state index in [1.807, 2.05) is 0 Å². The van der Waals surface area contributed by atoms with Crippen molar-refractivity contribution >= 4 is 11.9 Å². The molecule has 0 saturated carbocycles.